The van der Waals surface area contributed by atoms with E-state index in [4.69, 9.17) is 21.6 Å². The monoisotopic (exact) mass is 341 g/mol. The quantitative estimate of drug-likeness (QED) is 0.821. The lowest BCUT2D eigenvalue weighted by molar-refractivity contribution is -0.143. The highest BCUT2D eigenvalue weighted by molar-refractivity contribution is 6.31. The van der Waals surface area contributed by atoms with Crippen LogP contribution < -0.4 is 15.4 Å². The maximum atomic E-state index is 12.6. The Labute approximate surface area is 143 Å². The van der Waals surface area contributed by atoms with Gasteiger partial charge >= 0.3 is 0 Å². The molecule has 24 heavy (non-hydrogen) atoms. The van der Waals surface area contributed by atoms with Crippen LogP contribution in [0, 0.1) is 11.3 Å². The fourth-order valence-corrected chi connectivity index (χ4v) is 2.45. The van der Waals surface area contributed by atoms with Crippen LogP contribution >= 0.6 is 11.6 Å². The molecule has 2 N–H and O–H groups in total. The molecule has 0 aromatic heterocycles. The van der Waals surface area contributed by atoms with Crippen molar-refractivity contribution in [1.29, 1.82) is 5.26 Å². The minimum atomic E-state index is -1.77. The Kier molecular flexibility index (Phi) is 3.87. The predicted octanol–water partition coefficient (Wildman–Crippen LogP) is 2.94. The van der Waals surface area contributed by atoms with Gasteiger partial charge in [-0.25, -0.2) is 0 Å². The highest BCUT2D eigenvalue weighted by Gasteiger charge is 2.47. The van der Waals surface area contributed by atoms with E-state index in [0.29, 0.717) is 22.1 Å². The summed E-state index contributed by atoms with van der Waals surface area (Å²) < 4.78 is 5.63. The lowest BCUT2D eigenvalue weighted by Gasteiger charge is -2.33. The molecule has 6 nitrogen and oxygen atoms in total. The maximum Gasteiger partial charge on any atom is 0.278 e. The Balaban J connectivity index is 1.90. The van der Waals surface area contributed by atoms with Gasteiger partial charge in [0.05, 0.1) is 16.9 Å². The third-order valence-electron chi connectivity index (χ3n) is 3.67. The van der Waals surface area contributed by atoms with Crippen molar-refractivity contribution in [3.8, 4) is 11.8 Å². The van der Waals surface area contributed by atoms with Gasteiger partial charge in [0.15, 0.2) is 0 Å². The first kappa shape index (κ1) is 15.8. The molecule has 1 aliphatic heterocycles. The van der Waals surface area contributed by atoms with Crippen molar-refractivity contribution in [3.63, 3.8) is 0 Å². The van der Waals surface area contributed by atoms with Crippen molar-refractivity contribution in [1.82, 2.24) is 0 Å². The minimum absolute atomic E-state index is 0.290. The Bertz CT molecular complexity index is 891. The SMILES string of the molecule is CC1(C(=O)Nc2ccccc2C#N)Oc2ccc(Cl)cc2NC1=O. The molecule has 0 aliphatic carbocycles. The molecule has 120 valence electrons. The normalized spacial score (nSPS) is 18.6. The molecule has 1 unspecified atom stereocenters. The summed E-state index contributed by atoms with van der Waals surface area (Å²) in [5, 5.41) is 14.7. The van der Waals surface area contributed by atoms with Crippen LogP contribution in [0.3, 0.4) is 0 Å². The lowest BCUT2D eigenvalue weighted by Crippen LogP contribution is -2.56. The summed E-state index contributed by atoms with van der Waals surface area (Å²) in [4.78, 5) is 25.0. The molecular formula is C17H12ClN3O3. The molecule has 0 saturated carbocycles. The molecule has 2 amide bonds. The van der Waals surface area contributed by atoms with Crippen LogP contribution in [0.2, 0.25) is 5.02 Å². The zero-order valence-electron chi connectivity index (χ0n) is 12.6. The number of nitrogens with zero attached hydrogens (tertiary/aromatic N) is 1. The average molecular weight is 342 g/mol. The Hall–Kier alpha value is -3.04. The Morgan fingerprint density at radius 3 is 2.83 bits per heavy atom. The second-order valence-electron chi connectivity index (χ2n) is 5.34. The molecule has 7 heteroatoms. The van der Waals surface area contributed by atoms with Crippen LogP contribution in [0.25, 0.3) is 0 Å². The van der Waals surface area contributed by atoms with Crippen molar-refractivity contribution in [2.75, 3.05) is 10.6 Å². The van der Waals surface area contributed by atoms with Crippen LogP contribution in [-0.2, 0) is 9.59 Å². The van der Waals surface area contributed by atoms with Gasteiger partial charge in [0.1, 0.15) is 11.8 Å². The van der Waals surface area contributed by atoms with E-state index in [1.807, 2.05) is 6.07 Å². The van der Waals surface area contributed by atoms with E-state index in [-0.39, 0.29) is 5.56 Å². The number of hydrogen-bond donors (Lipinski definition) is 2. The van der Waals surface area contributed by atoms with Gasteiger partial charge in [-0.15, -0.1) is 0 Å². The average Bonchev–Trinajstić information content (AvgIpc) is 2.56. The van der Waals surface area contributed by atoms with Crippen molar-refractivity contribution >= 4 is 34.8 Å². The summed E-state index contributed by atoms with van der Waals surface area (Å²) in [5.41, 5.74) is -0.777. The molecule has 1 aliphatic rings. The van der Waals surface area contributed by atoms with E-state index in [9.17, 15) is 9.59 Å². The number of carbonyl (C=O) groups is 2. The minimum Gasteiger partial charge on any atom is -0.466 e. The molecule has 0 radical (unpaired) electrons. The van der Waals surface area contributed by atoms with Gasteiger partial charge in [-0.05, 0) is 37.3 Å². The number of para-hydroxylation sites is 1. The van der Waals surface area contributed by atoms with Crippen LogP contribution in [0.1, 0.15) is 12.5 Å². The number of ether oxygens (including phenoxy) is 1. The standard InChI is InChI=1S/C17H12ClN3O3/c1-17(15(22)20-12-5-3-2-4-10(12)9-19)16(23)21-13-8-11(18)6-7-14(13)24-17/h2-8H,1H3,(H,20,22)(H,21,23). The summed E-state index contributed by atoms with van der Waals surface area (Å²) in [5.74, 6) is -0.960. The number of benzene rings is 2. The van der Waals surface area contributed by atoms with Crippen LogP contribution in [-0.4, -0.2) is 17.4 Å². The Morgan fingerprint density at radius 1 is 1.33 bits per heavy atom. The molecule has 0 spiro atoms. The van der Waals surface area contributed by atoms with Crippen LogP contribution in [0.5, 0.6) is 5.75 Å². The molecule has 2 aromatic rings. The second-order valence-corrected chi connectivity index (χ2v) is 5.78. The number of nitriles is 1. The molecule has 2 aromatic carbocycles. The third kappa shape index (κ3) is 2.66. The van der Waals surface area contributed by atoms with E-state index in [1.165, 1.54) is 13.0 Å². The second kappa shape index (κ2) is 5.87. The summed E-state index contributed by atoms with van der Waals surface area (Å²) in [7, 11) is 0. The molecule has 3 rings (SSSR count). The number of amides is 2. The van der Waals surface area contributed by atoms with E-state index in [0.717, 1.165) is 0 Å². The number of anilines is 2. The number of hydrogen-bond acceptors (Lipinski definition) is 4. The summed E-state index contributed by atoms with van der Waals surface area (Å²) in [6.07, 6.45) is 0. The fourth-order valence-electron chi connectivity index (χ4n) is 2.28. The van der Waals surface area contributed by atoms with Crippen molar-refractivity contribution in [2.24, 2.45) is 0 Å². The van der Waals surface area contributed by atoms with E-state index in [1.54, 1.807) is 36.4 Å². The number of nitrogens with one attached hydrogen (secondary N) is 2. The van der Waals surface area contributed by atoms with E-state index in [2.05, 4.69) is 10.6 Å². The van der Waals surface area contributed by atoms with Gasteiger partial charge in [0.25, 0.3) is 17.4 Å². The maximum absolute atomic E-state index is 12.6. The van der Waals surface area contributed by atoms with Crippen molar-refractivity contribution < 1.29 is 14.3 Å². The van der Waals surface area contributed by atoms with Gasteiger partial charge in [-0.1, -0.05) is 23.7 Å². The molecule has 1 heterocycles. The molecular weight excluding hydrogens is 330 g/mol. The smallest absolute Gasteiger partial charge is 0.278 e. The molecule has 0 saturated heterocycles. The zero-order valence-corrected chi connectivity index (χ0v) is 13.3. The van der Waals surface area contributed by atoms with E-state index < -0.39 is 17.4 Å². The number of rotatable bonds is 2. The Morgan fingerprint density at radius 2 is 2.08 bits per heavy atom. The predicted molar refractivity (Wildman–Crippen MR) is 88.9 cm³/mol. The van der Waals surface area contributed by atoms with Crippen LogP contribution in [0.4, 0.5) is 11.4 Å². The van der Waals surface area contributed by atoms with Gasteiger partial charge in [0.2, 0.25) is 0 Å². The molecule has 1 atom stereocenters. The van der Waals surface area contributed by atoms with E-state index >= 15 is 0 Å². The fraction of sp³-hybridized carbons (Fsp3) is 0.118. The van der Waals surface area contributed by atoms with Crippen molar-refractivity contribution in [2.45, 2.75) is 12.5 Å². The first-order valence-electron chi connectivity index (χ1n) is 7.04. The zero-order chi connectivity index (χ0) is 17.3. The highest BCUT2D eigenvalue weighted by atomic mass is 35.5. The third-order valence-corrected chi connectivity index (χ3v) is 3.90. The van der Waals surface area contributed by atoms with Crippen molar-refractivity contribution in [3.05, 3.63) is 53.1 Å². The summed E-state index contributed by atoms with van der Waals surface area (Å²) in [6, 6.07) is 13.2. The number of carbonyl (C=O) groups excluding carboxylic acids is 2. The lowest BCUT2D eigenvalue weighted by atomic mass is 10.0. The van der Waals surface area contributed by atoms with Gasteiger partial charge in [-0.2, -0.15) is 5.26 Å². The molecule has 0 bridgehead atoms. The largest absolute Gasteiger partial charge is 0.466 e. The summed E-state index contributed by atoms with van der Waals surface area (Å²) >= 11 is 5.88. The number of fused-ring (bicyclic) bond motifs is 1. The van der Waals surface area contributed by atoms with Gasteiger partial charge < -0.3 is 15.4 Å². The van der Waals surface area contributed by atoms with Gasteiger partial charge in [0, 0.05) is 5.02 Å². The topological polar surface area (TPSA) is 91.2 Å². The molecule has 0 fully saturated rings. The highest BCUT2D eigenvalue weighted by Crippen LogP contribution is 2.36. The first-order chi connectivity index (χ1) is 11.4. The summed E-state index contributed by atoms with van der Waals surface area (Å²) in [6.45, 7) is 1.37. The van der Waals surface area contributed by atoms with Gasteiger partial charge in [-0.3, -0.25) is 9.59 Å². The first-order valence-corrected chi connectivity index (χ1v) is 7.42. The number of halogens is 1. The van der Waals surface area contributed by atoms with Crippen LogP contribution in [0.15, 0.2) is 42.5 Å².